The summed E-state index contributed by atoms with van der Waals surface area (Å²) in [6.07, 6.45) is 3.29. The molecule has 1 N–H and O–H groups in total. The highest BCUT2D eigenvalue weighted by atomic mass is 19.2. The standard InChI is InChI=1S/C22H26F2N4O4/c1-14-4-2-3-7-22(14)20(31)28(21(32)25-22)13-18(29)26-8-10-27(11-9-26)19(30)15-5-6-16(23)17(24)12-15/h5-6,12,14H,2-4,7-11,13H2,1H3,(H,25,32). The Morgan fingerprint density at radius 3 is 2.41 bits per heavy atom. The fraction of sp³-hybridized carbons (Fsp3) is 0.545. The van der Waals surface area contributed by atoms with Crippen LogP contribution in [0.1, 0.15) is 43.0 Å². The van der Waals surface area contributed by atoms with Gasteiger partial charge in [-0.2, -0.15) is 0 Å². The molecule has 2 aliphatic heterocycles. The van der Waals surface area contributed by atoms with Gasteiger partial charge in [-0.15, -0.1) is 0 Å². The minimum absolute atomic E-state index is 0.0126. The van der Waals surface area contributed by atoms with Crippen LogP contribution >= 0.6 is 0 Å². The zero-order chi connectivity index (χ0) is 23.0. The lowest BCUT2D eigenvalue weighted by atomic mass is 9.73. The average Bonchev–Trinajstić information content (AvgIpc) is 3.02. The zero-order valence-corrected chi connectivity index (χ0v) is 17.9. The van der Waals surface area contributed by atoms with Crippen LogP contribution in [0.4, 0.5) is 13.6 Å². The average molecular weight is 448 g/mol. The van der Waals surface area contributed by atoms with Crippen molar-refractivity contribution in [1.29, 1.82) is 0 Å². The van der Waals surface area contributed by atoms with Crippen molar-refractivity contribution in [2.24, 2.45) is 5.92 Å². The van der Waals surface area contributed by atoms with Crippen LogP contribution < -0.4 is 5.32 Å². The molecular weight excluding hydrogens is 422 g/mol. The molecule has 172 valence electrons. The molecule has 10 heteroatoms. The molecule has 0 aromatic heterocycles. The van der Waals surface area contributed by atoms with E-state index < -0.39 is 29.1 Å². The predicted molar refractivity (Wildman–Crippen MR) is 109 cm³/mol. The third-order valence-corrected chi connectivity index (χ3v) is 6.88. The lowest BCUT2D eigenvalue weighted by Gasteiger charge is -2.37. The van der Waals surface area contributed by atoms with Crippen LogP contribution in [-0.4, -0.2) is 76.7 Å². The van der Waals surface area contributed by atoms with Crippen molar-refractivity contribution in [3.8, 4) is 0 Å². The van der Waals surface area contributed by atoms with E-state index in [9.17, 15) is 28.0 Å². The third kappa shape index (κ3) is 3.82. The van der Waals surface area contributed by atoms with Gasteiger partial charge in [-0.05, 0) is 37.0 Å². The summed E-state index contributed by atoms with van der Waals surface area (Å²) in [5, 5.41) is 2.83. The van der Waals surface area contributed by atoms with Gasteiger partial charge in [-0.25, -0.2) is 13.6 Å². The molecule has 2 saturated heterocycles. The Hall–Kier alpha value is -3.04. The maximum atomic E-state index is 13.4. The minimum atomic E-state index is -1.09. The van der Waals surface area contributed by atoms with Crippen LogP contribution in [0.15, 0.2) is 18.2 Å². The van der Waals surface area contributed by atoms with E-state index >= 15 is 0 Å². The highest BCUT2D eigenvalue weighted by Gasteiger charge is 2.55. The Balaban J connectivity index is 1.35. The number of benzene rings is 1. The smallest absolute Gasteiger partial charge is 0.325 e. The highest BCUT2D eigenvalue weighted by molar-refractivity contribution is 6.09. The first-order valence-electron chi connectivity index (χ1n) is 10.9. The number of urea groups is 1. The van der Waals surface area contributed by atoms with E-state index in [1.807, 2.05) is 6.92 Å². The fourth-order valence-electron chi connectivity index (χ4n) is 4.84. The molecule has 2 unspecified atom stereocenters. The van der Waals surface area contributed by atoms with E-state index in [2.05, 4.69) is 5.32 Å². The molecule has 8 nitrogen and oxygen atoms in total. The number of imide groups is 1. The van der Waals surface area contributed by atoms with Crippen LogP contribution in [-0.2, 0) is 9.59 Å². The molecule has 1 spiro atoms. The SMILES string of the molecule is CC1CCCCC12NC(=O)N(CC(=O)N1CCN(C(=O)c3ccc(F)c(F)c3)CC1)C2=O. The second-order valence-electron chi connectivity index (χ2n) is 8.74. The summed E-state index contributed by atoms with van der Waals surface area (Å²) in [5.74, 6) is -3.26. The van der Waals surface area contributed by atoms with Crippen LogP contribution in [0, 0.1) is 17.6 Å². The first-order valence-corrected chi connectivity index (χ1v) is 10.9. The minimum Gasteiger partial charge on any atom is -0.338 e. The second kappa shape index (κ2) is 8.48. The van der Waals surface area contributed by atoms with Gasteiger partial charge in [0.05, 0.1) is 0 Å². The summed E-state index contributed by atoms with van der Waals surface area (Å²) < 4.78 is 26.5. The predicted octanol–water partition coefficient (Wildman–Crippen LogP) is 1.75. The lowest BCUT2D eigenvalue weighted by molar-refractivity contribution is -0.141. The maximum Gasteiger partial charge on any atom is 0.325 e. The summed E-state index contributed by atoms with van der Waals surface area (Å²) in [6.45, 7) is 2.48. The van der Waals surface area contributed by atoms with E-state index in [-0.39, 0.29) is 56.0 Å². The topological polar surface area (TPSA) is 90.0 Å². The Bertz CT molecular complexity index is 963. The van der Waals surface area contributed by atoms with E-state index in [0.717, 1.165) is 36.3 Å². The Labute approximate surface area is 184 Å². The molecule has 3 fully saturated rings. The third-order valence-electron chi connectivity index (χ3n) is 6.88. The first kappa shape index (κ1) is 22.2. The molecule has 3 aliphatic rings. The lowest BCUT2D eigenvalue weighted by Crippen LogP contribution is -2.55. The van der Waals surface area contributed by atoms with Crippen LogP contribution in [0.3, 0.4) is 0 Å². The molecule has 1 saturated carbocycles. The van der Waals surface area contributed by atoms with E-state index in [0.29, 0.717) is 6.42 Å². The molecule has 1 aromatic rings. The highest BCUT2D eigenvalue weighted by Crippen LogP contribution is 2.38. The molecule has 4 rings (SSSR count). The van der Waals surface area contributed by atoms with Gasteiger partial charge in [0.25, 0.3) is 11.8 Å². The number of hydrogen-bond acceptors (Lipinski definition) is 4. The van der Waals surface area contributed by atoms with Crippen molar-refractivity contribution in [2.75, 3.05) is 32.7 Å². The Morgan fingerprint density at radius 1 is 1.06 bits per heavy atom. The largest absolute Gasteiger partial charge is 0.338 e. The molecule has 32 heavy (non-hydrogen) atoms. The summed E-state index contributed by atoms with van der Waals surface area (Å²) in [7, 11) is 0. The van der Waals surface area contributed by atoms with Gasteiger partial charge in [0.2, 0.25) is 5.91 Å². The number of rotatable bonds is 3. The van der Waals surface area contributed by atoms with E-state index in [1.165, 1.54) is 15.9 Å². The van der Waals surface area contributed by atoms with Crippen molar-refractivity contribution in [3.05, 3.63) is 35.4 Å². The van der Waals surface area contributed by atoms with Gasteiger partial charge >= 0.3 is 6.03 Å². The van der Waals surface area contributed by atoms with Gasteiger partial charge in [0.15, 0.2) is 11.6 Å². The number of nitrogens with one attached hydrogen (secondary N) is 1. The van der Waals surface area contributed by atoms with Gasteiger partial charge in [0.1, 0.15) is 12.1 Å². The van der Waals surface area contributed by atoms with Gasteiger partial charge in [-0.3, -0.25) is 19.3 Å². The van der Waals surface area contributed by atoms with Crippen molar-refractivity contribution in [1.82, 2.24) is 20.0 Å². The molecular formula is C22H26F2N4O4. The molecule has 2 heterocycles. The number of nitrogens with zero attached hydrogens (tertiary/aromatic N) is 3. The van der Waals surface area contributed by atoms with E-state index in [1.54, 1.807) is 0 Å². The van der Waals surface area contributed by atoms with Gasteiger partial charge < -0.3 is 15.1 Å². The number of piperazine rings is 1. The van der Waals surface area contributed by atoms with Crippen LogP contribution in [0.25, 0.3) is 0 Å². The van der Waals surface area contributed by atoms with Crippen LogP contribution in [0.5, 0.6) is 0 Å². The normalized spacial score (nSPS) is 26.0. The molecule has 0 bridgehead atoms. The number of carbonyl (C=O) groups excluding carboxylic acids is 4. The van der Waals surface area contributed by atoms with Crippen molar-refractivity contribution >= 4 is 23.8 Å². The summed E-state index contributed by atoms with van der Waals surface area (Å²) in [4.78, 5) is 54.8. The molecule has 1 aliphatic carbocycles. The molecule has 5 amide bonds. The fourth-order valence-corrected chi connectivity index (χ4v) is 4.84. The quantitative estimate of drug-likeness (QED) is 0.714. The maximum absolute atomic E-state index is 13.4. The molecule has 1 aromatic carbocycles. The van der Waals surface area contributed by atoms with Crippen molar-refractivity contribution < 1.29 is 28.0 Å². The molecule has 0 radical (unpaired) electrons. The monoisotopic (exact) mass is 448 g/mol. The van der Waals surface area contributed by atoms with Gasteiger partial charge in [-0.1, -0.05) is 19.8 Å². The number of hydrogen-bond donors (Lipinski definition) is 1. The number of halogens is 2. The number of carbonyl (C=O) groups is 4. The van der Waals surface area contributed by atoms with Crippen molar-refractivity contribution in [3.63, 3.8) is 0 Å². The summed E-state index contributed by atoms with van der Waals surface area (Å²) >= 11 is 0. The number of amides is 5. The van der Waals surface area contributed by atoms with Gasteiger partial charge in [0, 0.05) is 31.7 Å². The Morgan fingerprint density at radius 2 is 1.75 bits per heavy atom. The first-order chi connectivity index (χ1) is 15.2. The second-order valence-corrected chi connectivity index (χ2v) is 8.74. The zero-order valence-electron chi connectivity index (χ0n) is 17.9. The van der Waals surface area contributed by atoms with Crippen LogP contribution in [0.2, 0.25) is 0 Å². The van der Waals surface area contributed by atoms with E-state index in [4.69, 9.17) is 0 Å². The summed E-state index contributed by atoms with van der Waals surface area (Å²) in [5.41, 5.74) is -0.875. The summed E-state index contributed by atoms with van der Waals surface area (Å²) in [6, 6.07) is 2.44. The Kier molecular flexibility index (Phi) is 5.87. The molecule has 2 atom stereocenters. The van der Waals surface area contributed by atoms with Crippen molar-refractivity contribution in [2.45, 2.75) is 38.1 Å².